The van der Waals surface area contributed by atoms with Crippen LogP contribution in [-0.2, 0) is 12.8 Å². The van der Waals surface area contributed by atoms with Crippen molar-refractivity contribution in [3.05, 3.63) is 81.7 Å². The SMILES string of the molecule is O=c1c2c3c(sc2ncn1NC(=S)Nc1ccc(Oc2ccccc2)cc1)CCCC3. The molecule has 5 rings (SSSR count). The van der Waals surface area contributed by atoms with Gasteiger partial charge in [-0.3, -0.25) is 10.2 Å². The highest BCUT2D eigenvalue weighted by Gasteiger charge is 2.20. The molecule has 0 saturated carbocycles. The van der Waals surface area contributed by atoms with Crippen molar-refractivity contribution in [1.29, 1.82) is 0 Å². The van der Waals surface area contributed by atoms with Crippen LogP contribution in [0, 0.1) is 0 Å². The molecule has 0 saturated heterocycles. The van der Waals surface area contributed by atoms with Gasteiger partial charge in [-0.15, -0.1) is 11.3 Å². The van der Waals surface area contributed by atoms with Gasteiger partial charge in [0.1, 0.15) is 22.7 Å². The first kappa shape index (κ1) is 19.7. The molecule has 1 aliphatic carbocycles. The maximum atomic E-state index is 13.0. The first-order chi connectivity index (χ1) is 15.2. The van der Waals surface area contributed by atoms with E-state index in [9.17, 15) is 4.79 Å². The van der Waals surface area contributed by atoms with Gasteiger partial charge in [-0.05, 0) is 79.9 Å². The number of hydrogen-bond donors (Lipinski definition) is 2. The van der Waals surface area contributed by atoms with Crippen LogP contribution in [0.15, 0.2) is 65.7 Å². The third kappa shape index (κ3) is 4.17. The molecule has 0 radical (unpaired) electrons. The molecule has 0 unspecified atom stereocenters. The highest BCUT2D eigenvalue weighted by Crippen LogP contribution is 2.33. The van der Waals surface area contributed by atoms with Crippen molar-refractivity contribution in [2.45, 2.75) is 25.7 Å². The third-order valence-electron chi connectivity index (χ3n) is 5.19. The summed E-state index contributed by atoms with van der Waals surface area (Å²) in [6.45, 7) is 0. The van der Waals surface area contributed by atoms with Crippen molar-refractivity contribution in [3.8, 4) is 11.5 Å². The predicted octanol–water partition coefficient (Wildman–Crippen LogP) is 5.07. The number of thiocarbonyl (C=S) groups is 1. The molecule has 31 heavy (non-hydrogen) atoms. The van der Waals surface area contributed by atoms with Crippen LogP contribution in [0.1, 0.15) is 23.3 Å². The summed E-state index contributed by atoms with van der Waals surface area (Å²) in [7, 11) is 0. The topological polar surface area (TPSA) is 68.2 Å². The molecule has 2 aromatic heterocycles. The number of fused-ring (bicyclic) bond motifs is 3. The van der Waals surface area contributed by atoms with Crippen molar-refractivity contribution in [2.75, 3.05) is 10.7 Å². The van der Waals surface area contributed by atoms with Crippen molar-refractivity contribution in [1.82, 2.24) is 9.66 Å². The van der Waals surface area contributed by atoms with Crippen molar-refractivity contribution in [3.63, 3.8) is 0 Å². The van der Waals surface area contributed by atoms with Gasteiger partial charge in [-0.2, -0.15) is 0 Å². The minimum absolute atomic E-state index is 0.111. The fourth-order valence-corrected chi connectivity index (χ4v) is 5.16. The molecule has 0 atom stereocenters. The van der Waals surface area contributed by atoms with Gasteiger partial charge in [0, 0.05) is 10.6 Å². The monoisotopic (exact) mass is 448 g/mol. The molecule has 0 fully saturated rings. The molecule has 2 N–H and O–H groups in total. The lowest BCUT2D eigenvalue weighted by Gasteiger charge is -2.13. The Morgan fingerprint density at radius 2 is 1.77 bits per heavy atom. The van der Waals surface area contributed by atoms with Gasteiger partial charge in [-0.1, -0.05) is 18.2 Å². The van der Waals surface area contributed by atoms with E-state index in [1.165, 1.54) is 22.3 Å². The summed E-state index contributed by atoms with van der Waals surface area (Å²) < 4.78 is 7.15. The van der Waals surface area contributed by atoms with E-state index in [-0.39, 0.29) is 5.56 Å². The Kier molecular flexibility index (Phi) is 5.40. The van der Waals surface area contributed by atoms with Gasteiger partial charge in [0.25, 0.3) is 5.56 Å². The van der Waals surface area contributed by atoms with Gasteiger partial charge in [-0.25, -0.2) is 9.66 Å². The fraction of sp³-hybridized carbons (Fsp3) is 0.174. The fourth-order valence-electron chi connectivity index (χ4n) is 3.73. The number of benzene rings is 2. The van der Waals surface area contributed by atoms with Gasteiger partial charge in [0.2, 0.25) is 0 Å². The molecule has 6 nitrogen and oxygen atoms in total. The number of ether oxygens (including phenoxy) is 1. The quantitative estimate of drug-likeness (QED) is 0.425. The second kappa shape index (κ2) is 8.49. The van der Waals surface area contributed by atoms with Crippen LogP contribution < -0.4 is 21.0 Å². The van der Waals surface area contributed by atoms with Gasteiger partial charge < -0.3 is 10.1 Å². The Hall–Kier alpha value is -3.23. The van der Waals surface area contributed by atoms with E-state index in [1.807, 2.05) is 54.6 Å². The van der Waals surface area contributed by atoms with E-state index in [4.69, 9.17) is 17.0 Å². The predicted molar refractivity (Wildman–Crippen MR) is 129 cm³/mol. The molecule has 2 aromatic carbocycles. The zero-order valence-corrected chi connectivity index (χ0v) is 18.3. The number of anilines is 1. The van der Waals surface area contributed by atoms with Crippen molar-refractivity contribution < 1.29 is 4.74 Å². The van der Waals surface area contributed by atoms with Crippen LogP contribution >= 0.6 is 23.6 Å². The van der Waals surface area contributed by atoms with Crippen LogP contribution in [0.2, 0.25) is 0 Å². The van der Waals surface area contributed by atoms with Crippen molar-refractivity contribution >= 4 is 44.6 Å². The van der Waals surface area contributed by atoms with Gasteiger partial charge in [0.15, 0.2) is 5.11 Å². The molecule has 4 aromatic rings. The minimum atomic E-state index is -0.111. The number of aromatic nitrogens is 2. The Morgan fingerprint density at radius 3 is 2.58 bits per heavy atom. The van der Waals surface area contributed by atoms with E-state index < -0.39 is 0 Å². The smallest absolute Gasteiger partial charge is 0.281 e. The third-order valence-corrected chi connectivity index (χ3v) is 6.58. The van der Waals surface area contributed by atoms with Gasteiger partial charge >= 0.3 is 0 Å². The number of para-hydroxylation sites is 1. The molecule has 2 heterocycles. The summed E-state index contributed by atoms with van der Waals surface area (Å²) in [5, 5.41) is 4.12. The summed E-state index contributed by atoms with van der Waals surface area (Å²) in [5.74, 6) is 1.50. The maximum Gasteiger partial charge on any atom is 0.281 e. The lowest BCUT2D eigenvalue weighted by atomic mass is 9.97. The summed E-state index contributed by atoms with van der Waals surface area (Å²) in [4.78, 5) is 19.6. The first-order valence-corrected chi connectivity index (χ1v) is 11.3. The molecular weight excluding hydrogens is 428 g/mol. The average molecular weight is 449 g/mol. The molecule has 0 bridgehead atoms. The minimum Gasteiger partial charge on any atom is -0.457 e. The highest BCUT2D eigenvalue weighted by atomic mass is 32.1. The van der Waals surface area contributed by atoms with Crippen LogP contribution in [0.5, 0.6) is 11.5 Å². The number of nitrogens with zero attached hydrogens (tertiary/aromatic N) is 2. The largest absolute Gasteiger partial charge is 0.457 e. The number of thiophene rings is 1. The Labute approximate surface area is 188 Å². The Bertz CT molecular complexity index is 1300. The Balaban J connectivity index is 1.29. The molecule has 0 amide bonds. The van der Waals surface area contributed by atoms with E-state index in [0.29, 0.717) is 5.11 Å². The normalized spacial score (nSPS) is 12.9. The highest BCUT2D eigenvalue weighted by molar-refractivity contribution is 7.80. The standard InChI is InChI=1S/C23H20N4O2S2/c28-22-20-18-8-4-5-9-19(18)31-21(20)24-14-27(22)26-23(30)25-15-10-12-17(13-11-15)29-16-6-2-1-3-7-16/h1-3,6-7,10-14H,4-5,8-9H2,(H2,25,26,30). The number of hydrogen-bond acceptors (Lipinski definition) is 5. The van der Waals surface area contributed by atoms with E-state index in [2.05, 4.69) is 15.7 Å². The van der Waals surface area contributed by atoms with E-state index in [0.717, 1.165) is 52.2 Å². The zero-order chi connectivity index (χ0) is 21.2. The first-order valence-electron chi connectivity index (χ1n) is 10.1. The van der Waals surface area contributed by atoms with Crippen molar-refractivity contribution in [2.24, 2.45) is 0 Å². The number of nitrogens with one attached hydrogen (secondary N) is 2. The Morgan fingerprint density at radius 1 is 1.03 bits per heavy atom. The molecule has 0 spiro atoms. The number of rotatable bonds is 4. The summed E-state index contributed by atoms with van der Waals surface area (Å²) in [5.41, 5.74) is 4.77. The lowest BCUT2D eigenvalue weighted by molar-refractivity contribution is 0.483. The number of aryl methyl sites for hydroxylation is 2. The molecular formula is C23H20N4O2S2. The van der Waals surface area contributed by atoms with Gasteiger partial charge in [0.05, 0.1) is 5.39 Å². The lowest BCUT2D eigenvalue weighted by Crippen LogP contribution is -2.35. The summed E-state index contributed by atoms with van der Waals surface area (Å²) in [6.07, 6.45) is 5.76. The molecule has 1 aliphatic rings. The van der Waals surface area contributed by atoms with E-state index >= 15 is 0 Å². The second-order valence-electron chi connectivity index (χ2n) is 7.32. The maximum absolute atomic E-state index is 13.0. The van der Waals surface area contributed by atoms with Crippen LogP contribution in [0.4, 0.5) is 5.69 Å². The van der Waals surface area contributed by atoms with E-state index in [1.54, 1.807) is 11.3 Å². The second-order valence-corrected chi connectivity index (χ2v) is 8.81. The van der Waals surface area contributed by atoms with Crippen LogP contribution in [-0.4, -0.2) is 14.8 Å². The summed E-state index contributed by atoms with van der Waals surface area (Å²) in [6, 6.07) is 17.0. The summed E-state index contributed by atoms with van der Waals surface area (Å²) >= 11 is 7.03. The van der Waals surface area contributed by atoms with Crippen LogP contribution in [0.25, 0.3) is 10.2 Å². The zero-order valence-electron chi connectivity index (χ0n) is 16.6. The molecule has 0 aliphatic heterocycles. The molecule has 156 valence electrons. The van der Waals surface area contributed by atoms with Crippen LogP contribution in [0.3, 0.4) is 0 Å². The average Bonchev–Trinajstić information content (AvgIpc) is 3.17. The molecule has 8 heteroatoms.